The Morgan fingerprint density at radius 1 is 1.26 bits per heavy atom. The minimum atomic E-state index is -0.324. The number of nitrogens with one attached hydrogen (secondary N) is 1. The van der Waals surface area contributed by atoms with Crippen LogP contribution in [0.15, 0.2) is 36.5 Å². The van der Waals surface area contributed by atoms with E-state index in [2.05, 4.69) is 15.3 Å². The molecule has 5 nitrogen and oxygen atoms in total. The van der Waals surface area contributed by atoms with Crippen LogP contribution in [-0.4, -0.2) is 45.8 Å². The fraction of sp³-hybridized carbons (Fsp3) is 0.412. The Labute approximate surface area is 134 Å². The van der Waals surface area contributed by atoms with Gasteiger partial charge in [-0.25, -0.2) is 9.07 Å². The molecule has 4 rings (SSSR count). The third-order valence-electron chi connectivity index (χ3n) is 4.51. The average molecular weight is 314 g/mol. The Bertz CT molecular complexity index is 725. The zero-order valence-electron chi connectivity index (χ0n) is 12.8. The van der Waals surface area contributed by atoms with Crippen LogP contribution < -0.4 is 5.32 Å². The van der Waals surface area contributed by atoms with Crippen molar-refractivity contribution in [3.8, 4) is 5.69 Å². The summed E-state index contributed by atoms with van der Waals surface area (Å²) >= 11 is 0. The predicted octanol–water partition coefficient (Wildman–Crippen LogP) is 1.98. The molecular formula is C17H19FN4O. The van der Waals surface area contributed by atoms with E-state index in [0.717, 1.165) is 25.6 Å². The molecule has 6 heteroatoms. The van der Waals surface area contributed by atoms with Crippen molar-refractivity contribution in [3.05, 3.63) is 48.0 Å². The van der Waals surface area contributed by atoms with E-state index in [-0.39, 0.29) is 17.8 Å². The number of aromatic nitrogens is 2. The van der Waals surface area contributed by atoms with Crippen LogP contribution in [0.4, 0.5) is 4.39 Å². The first kappa shape index (κ1) is 14.4. The highest BCUT2D eigenvalue weighted by molar-refractivity contribution is 5.92. The number of carbonyl (C=O) groups is 1. The van der Waals surface area contributed by atoms with Crippen molar-refractivity contribution in [1.29, 1.82) is 0 Å². The Kier molecular flexibility index (Phi) is 3.61. The molecule has 2 heterocycles. The molecule has 23 heavy (non-hydrogen) atoms. The molecule has 1 aliphatic carbocycles. The van der Waals surface area contributed by atoms with Crippen LogP contribution in [0.25, 0.3) is 5.69 Å². The average Bonchev–Trinajstić information content (AvgIpc) is 3.09. The summed E-state index contributed by atoms with van der Waals surface area (Å²) < 4.78 is 14.8. The quantitative estimate of drug-likeness (QED) is 0.939. The Morgan fingerprint density at radius 3 is 2.91 bits per heavy atom. The first-order valence-corrected chi connectivity index (χ1v) is 8.05. The summed E-state index contributed by atoms with van der Waals surface area (Å²) in [4.78, 5) is 14.8. The molecule has 0 unspecified atom stereocenters. The Morgan fingerprint density at radius 2 is 2.13 bits per heavy atom. The second-order valence-corrected chi connectivity index (χ2v) is 6.31. The summed E-state index contributed by atoms with van der Waals surface area (Å²) in [6.45, 7) is 1.99. The van der Waals surface area contributed by atoms with Crippen LogP contribution in [0, 0.1) is 5.82 Å². The number of hydrogen-bond donors (Lipinski definition) is 1. The summed E-state index contributed by atoms with van der Waals surface area (Å²) in [5.74, 6) is -0.488. The molecule has 1 atom stereocenters. The molecule has 1 aliphatic heterocycles. The summed E-state index contributed by atoms with van der Waals surface area (Å²) in [6.07, 6.45) is 5.25. The molecule has 1 aromatic carbocycles. The third-order valence-corrected chi connectivity index (χ3v) is 4.51. The van der Waals surface area contributed by atoms with Crippen molar-refractivity contribution >= 4 is 5.91 Å². The standard InChI is InChI=1S/C17H19FN4O/c18-12-2-1-3-15(10-12)22-9-7-16(20-22)17(23)19-13-6-8-21(11-13)14-4-5-14/h1-3,7,9-10,13-14H,4-6,8,11H2,(H,19,23)/t13-/m1/s1. The molecule has 1 saturated carbocycles. The van der Waals surface area contributed by atoms with Gasteiger partial charge in [-0.3, -0.25) is 9.69 Å². The van der Waals surface area contributed by atoms with E-state index < -0.39 is 0 Å². The molecule has 1 N–H and O–H groups in total. The molecule has 120 valence electrons. The van der Waals surface area contributed by atoms with Gasteiger partial charge in [-0.1, -0.05) is 6.07 Å². The van der Waals surface area contributed by atoms with Crippen LogP contribution in [0.5, 0.6) is 0 Å². The van der Waals surface area contributed by atoms with Crippen LogP contribution in [-0.2, 0) is 0 Å². The second-order valence-electron chi connectivity index (χ2n) is 6.31. The van der Waals surface area contributed by atoms with Gasteiger partial charge in [0.2, 0.25) is 0 Å². The van der Waals surface area contributed by atoms with Gasteiger partial charge in [0, 0.05) is 31.4 Å². The SMILES string of the molecule is O=C(N[C@@H]1CCN(C2CC2)C1)c1ccn(-c2cccc(F)c2)n1. The van der Waals surface area contributed by atoms with Crippen molar-refractivity contribution < 1.29 is 9.18 Å². The summed E-state index contributed by atoms with van der Waals surface area (Å²) in [6, 6.07) is 8.74. The van der Waals surface area contributed by atoms with E-state index >= 15 is 0 Å². The van der Waals surface area contributed by atoms with Crippen LogP contribution in [0.1, 0.15) is 29.8 Å². The number of nitrogens with zero attached hydrogens (tertiary/aromatic N) is 3. The number of benzene rings is 1. The highest BCUT2D eigenvalue weighted by Crippen LogP contribution is 2.29. The minimum absolute atomic E-state index is 0.164. The fourth-order valence-corrected chi connectivity index (χ4v) is 3.14. The summed E-state index contributed by atoms with van der Waals surface area (Å²) in [7, 11) is 0. The molecule has 2 fully saturated rings. The van der Waals surface area contributed by atoms with Gasteiger partial charge in [0.25, 0.3) is 5.91 Å². The Balaban J connectivity index is 1.41. The van der Waals surface area contributed by atoms with Gasteiger partial charge >= 0.3 is 0 Å². The van der Waals surface area contributed by atoms with Gasteiger partial charge in [0.1, 0.15) is 5.82 Å². The van der Waals surface area contributed by atoms with E-state index in [1.807, 2.05) is 0 Å². The van der Waals surface area contributed by atoms with Crippen molar-refractivity contribution in [2.45, 2.75) is 31.3 Å². The fourth-order valence-electron chi connectivity index (χ4n) is 3.14. The lowest BCUT2D eigenvalue weighted by molar-refractivity contribution is 0.0932. The van der Waals surface area contributed by atoms with E-state index in [1.165, 1.54) is 29.7 Å². The van der Waals surface area contributed by atoms with Gasteiger partial charge < -0.3 is 5.32 Å². The molecule has 1 aromatic heterocycles. The lowest BCUT2D eigenvalue weighted by Gasteiger charge is -2.15. The largest absolute Gasteiger partial charge is 0.347 e. The number of carbonyl (C=O) groups excluding carboxylic acids is 1. The van der Waals surface area contributed by atoms with Crippen molar-refractivity contribution in [1.82, 2.24) is 20.0 Å². The second kappa shape index (κ2) is 5.77. The highest BCUT2D eigenvalue weighted by atomic mass is 19.1. The topological polar surface area (TPSA) is 50.2 Å². The smallest absolute Gasteiger partial charge is 0.272 e. The lowest BCUT2D eigenvalue weighted by Crippen LogP contribution is -2.37. The van der Waals surface area contributed by atoms with Gasteiger partial charge in [-0.15, -0.1) is 0 Å². The van der Waals surface area contributed by atoms with Gasteiger partial charge in [-0.05, 0) is 43.5 Å². The molecule has 2 aliphatic rings. The van der Waals surface area contributed by atoms with E-state index in [9.17, 15) is 9.18 Å². The van der Waals surface area contributed by atoms with Crippen LogP contribution in [0.2, 0.25) is 0 Å². The maximum Gasteiger partial charge on any atom is 0.272 e. The first-order chi connectivity index (χ1) is 11.2. The predicted molar refractivity (Wildman–Crippen MR) is 84.0 cm³/mol. The molecule has 0 radical (unpaired) electrons. The van der Waals surface area contributed by atoms with Crippen LogP contribution >= 0.6 is 0 Å². The maximum absolute atomic E-state index is 13.3. The number of rotatable bonds is 4. The van der Waals surface area contributed by atoms with E-state index in [0.29, 0.717) is 11.4 Å². The normalized spacial score (nSPS) is 21.5. The number of likely N-dealkylation sites (tertiary alicyclic amines) is 1. The van der Waals surface area contributed by atoms with Crippen molar-refractivity contribution in [2.75, 3.05) is 13.1 Å². The molecule has 0 bridgehead atoms. The van der Waals surface area contributed by atoms with Gasteiger partial charge in [-0.2, -0.15) is 5.10 Å². The molecular weight excluding hydrogens is 295 g/mol. The van der Waals surface area contributed by atoms with Gasteiger partial charge in [0.15, 0.2) is 5.69 Å². The van der Waals surface area contributed by atoms with Crippen LogP contribution in [0.3, 0.4) is 0 Å². The number of hydrogen-bond acceptors (Lipinski definition) is 3. The lowest BCUT2D eigenvalue weighted by atomic mass is 10.2. The van der Waals surface area contributed by atoms with E-state index in [1.54, 1.807) is 24.4 Å². The molecule has 2 aromatic rings. The zero-order valence-corrected chi connectivity index (χ0v) is 12.8. The summed E-state index contributed by atoms with van der Waals surface area (Å²) in [5.41, 5.74) is 0.962. The maximum atomic E-state index is 13.3. The monoisotopic (exact) mass is 314 g/mol. The van der Waals surface area contributed by atoms with Gasteiger partial charge in [0.05, 0.1) is 5.69 Å². The zero-order chi connectivity index (χ0) is 15.8. The minimum Gasteiger partial charge on any atom is -0.347 e. The highest BCUT2D eigenvalue weighted by Gasteiger charge is 2.34. The number of amides is 1. The van der Waals surface area contributed by atoms with E-state index in [4.69, 9.17) is 0 Å². The first-order valence-electron chi connectivity index (χ1n) is 8.05. The Hall–Kier alpha value is -2.21. The molecule has 1 amide bonds. The summed E-state index contributed by atoms with van der Waals surface area (Å²) in [5, 5.41) is 7.31. The third kappa shape index (κ3) is 3.12. The van der Waals surface area contributed by atoms with Crippen molar-refractivity contribution in [3.63, 3.8) is 0 Å². The number of halogens is 1. The molecule has 1 saturated heterocycles. The molecule has 0 spiro atoms. The van der Waals surface area contributed by atoms with Crippen molar-refractivity contribution in [2.24, 2.45) is 0 Å².